The van der Waals surface area contributed by atoms with Gasteiger partial charge in [-0.3, -0.25) is 4.79 Å². The highest BCUT2D eigenvalue weighted by atomic mass is 16.5. The molecule has 4 heteroatoms. The van der Waals surface area contributed by atoms with Crippen LogP contribution in [0.15, 0.2) is 22.6 Å². The Morgan fingerprint density at radius 2 is 2.21 bits per heavy atom. The van der Waals surface area contributed by atoms with Crippen molar-refractivity contribution in [3.05, 3.63) is 29.5 Å². The Morgan fingerprint density at radius 1 is 1.47 bits per heavy atom. The molecule has 0 bridgehead atoms. The van der Waals surface area contributed by atoms with Crippen molar-refractivity contribution in [1.29, 1.82) is 0 Å². The summed E-state index contributed by atoms with van der Waals surface area (Å²) in [4.78, 5) is 12.1. The molecule has 0 saturated carbocycles. The summed E-state index contributed by atoms with van der Waals surface area (Å²) < 4.78 is 10.8. The van der Waals surface area contributed by atoms with E-state index < -0.39 is 0 Å². The number of fused-ring (bicyclic) bond motifs is 1. The molecule has 2 rings (SSSR count). The monoisotopic (exact) mass is 261 g/mol. The lowest BCUT2D eigenvalue weighted by molar-refractivity contribution is 0.0912. The molecule has 1 amide bonds. The molecule has 1 aromatic heterocycles. The van der Waals surface area contributed by atoms with Crippen LogP contribution < -0.4 is 10.1 Å². The summed E-state index contributed by atoms with van der Waals surface area (Å²) in [7, 11) is 1.62. The largest absolute Gasteiger partial charge is 0.497 e. The third-order valence-corrected chi connectivity index (χ3v) is 3.34. The zero-order valence-corrected chi connectivity index (χ0v) is 11.7. The molecule has 0 spiro atoms. The number of nitrogens with one attached hydrogen (secondary N) is 1. The molecule has 102 valence electrons. The first-order valence-electron chi connectivity index (χ1n) is 6.44. The zero-order chi connectivity index (χ0) is 14.0. The second kappa shape index (κ2) is 5.34. The lowest BCUT2D eigenvalue weighted by Crippen LogP contribution is -2.32. The summed E-state index contributed by atoms with van der Waals surface area (Å²) in [6.07, 6.45) is 0.888. The molecule has 1 unspecified atom stereocenters. The number of carbonyl (C=O) groups excluding carboxylic acids is 1. The molecule has 0 fully saturated rings. The standard InChI is InChI=1S/C15H19NO3/c1-5-9(2)16-15(17)14-10(3)12-8-11(18-4)6-7-13(12)19-14/h6-9H,5H2,1-4H3,(H,16,17). The number of methoxy groups -OCH3 is 1. The Morgan fingerprint density at radius 3 is 2.84 bits per heavy atom. The summed E-state index contributed by atoms with van der Waals surface area (Å²) in [5, 5.41) is 3.82. The Kier molecular flexibility index (Phi) is 3.79. The first-order valence-corrected chi connectivity index (χ1v) is 6.44. The van der Waals surface area contributed by atoms with Crippen molar-refractivity contribution >= 4 is 16.9 Å². The average Bonchev–Trinajstić information content (AvgIpc) is 2.75. The van der Waals surface area contributed by atoms with E-state index in [-0.39, 0.29) is 11.9 Å². The van der Waals surface area contributed by atoms with E-state index in [1.807, 2.05) is 39.0 Å². The number of ether oxygens (including phenoxy) is 1. The van der Waals surface area contributed by atoms with Gasteiger partial charge in [-0.2, -0.15) is 0 Å². The fourth-order valence-electron chi connectivity index (χ4n) is 1.93. The lowest BCUT2D eigenvalue weighted by atomic mass is 10.1. The van der Waals surface area contributed by atoms with E-state index in [0.29, 0.717) is 11.3 Å². The second-order valence-corrected chi connectivity index (χ2v) is 4.70. The first kappa shape index (κ1) is 13.5. The average molecular weight is 261 g/mol. The molecule has 0 radical (unpaired) electrons. The Labute approximate surface area is 112 Å². The molecule has 1 heterocycles. The van der Waals surface area contributed by atoms with E-state index in [0.717, 1.165) is 23.1 Å². The van der Waals surface area contributed by atoms with Gasteiger partial charge >= 0.3 is 0 Å². The number of carbonyl (C=O) groups is 1. The van der Waals surface area contributed by atoms with Gasteiger partial charge < -0.3 is 14.5 Å². The second-order valence-electron chi connectivity index (χ2n) is 4.70. The third-order valence-electron chi connectivity index (χ3n) is 3.34. The fraction of sp³-hybridized carbons (Fsp3) is 0.400. The number of hydrogen-bond acceptors (Lipinski definition) is 3. The minimum absolute atomic E-state index is 0.134. The number of benzene rings is 1. The van der Waals surface area contributed by atoms with Crippen molar-refractivity contribution < 1.29 is 13.9 Å². The van der Waals surface area contributed by atoms with Gasteiger partial charge in [0.1, 0.15) is 11.3 Å². The van der Waals surface area contributed by atoms with Crippen molar-refractivity contribution in [3.63, 3.8) is 0 Å². The van der Waals surface area contributed by atoms with E-state index in [9.17, 15) is 4.79 Å². The molecule has 19 heavy (non-hydrogen) atoms. The van der Waals surface area contributed by atoms with Gasteiger partial charge in [-0.25, -0.2) is 0 Å². The van der Waals surface area contributed by atoms with Crippen LogP contribution in [-0.2, 0) is 0 Å². The smallest absolute Gasteiger partial charge is 0.287 e. The highest BCUT2D eigenvalue weighted by molar-refractivity contribution is 5.99. The van der Waals surface area contributed by atoms with Crippen LogP contribution in [0, 0.1) is 6.92 Å². The topological polar surface area (TPSA) is 51.5 Å². The van der Waals surface area contributed by atoms with E-state index >= 15 is 0 Å². The van der Waals surface area contributed by atoms with Gasteiger partial charge in [-0.05, 0) is 38.5 Å². The zero-order valence-electron chi connectivity index (χ0n) is 11.7. The van der Waals surface area contributed by atoms with E-state index in [1.54, 1.807) is 7.11 Å². The molecule has 1 atom stereocenters. The Hall–Kier alpha value is -1.97. The SMILES string of the molecule is CCC(C)NC(=O)c1oc2ccc(OC)cc2c1C. The van der Waals surface area contributed by atoms with Crippen LogP contribution >= 0.6 is 0 Å². The van der Waals surface area contributed by atoms with E-state index in [1.165, 1.54) is 0 Å². The normalized spacial score (nSPS) is 12.4. The quantitative estimate of drug-likeness (QED) is 0.918. The van der Waals surface area contributed by atoms with Crippen LogP contribution in [0.2, 0.25) is 0 Å². The Balaban J connectivity index is 2.39. The summed E-state index contributed by atoms with van der Waals surface area (Å²) in [5.41, 5.74) is 1.54. The first-order chi connectivity index (χ1) is 9.06. The number of rotatable bonds is 4. The predicted molar refractivity (Wildman–Crippen MR) is 74.7 cm³/mol. The van der Waals surface area contributed by atoms with Crippen LogP contribution in [0.5, 0.6) is 5.75 Å². The minimum Gasteiger partial charge on any atom is -0.497 e. The maximum absolute atomic E-state index is 12.1. The van der Waals surface area contributed by atoms with Crippen molar-refractivity contribution in [2.75, 3.05) is 7.11 Å². The molecule has 0 aliphatic carbocycles. The molecule has 0 aliphatic heterocycles. The molecule has 2 aromatic rings. The number of amides is 1. The minimum atomic E-state index is -0.165. The maximum Gasteiger partial charge on any atom is 0.287 e. The van der Waals surface area contributed by atoms with Crippen LogP contribution in [0.1, 0.15) is 36.4 Å². The van der Waals surface area contributed by atoms with Crippen LogP contribution in [0.4, 0.5) is 0 Å². The molecular weight excluding hydrogens is 242 g/mol. The number of furan rings is 1. The van der Waals surface area contributed by atoms with Gasteiger partial charge in [0.15, 0.2) is 5.76 Å². The van der Waals surface area contributed by atoms with Gasteiger partial charge in [-0.15, -0.1) is 0 Å². The van der Waals surface area contributed by atoms with Crippen molar-refractivity contribution in [2.24, 2.45) is 0 Å². The predicted octanol–water partition coefficient (Wildman–Crippen LogP) is 3.28. The highest BCUT2D eigenvalue weighted by Crippen LogP contribution is 2.28. The van der Waals surface area contributed by atoms with Crippen LogP contribution in [-0.4, -0.2) is 19.1 Å². The highest BCUT2D eigenvalue weighted by Gasteiger charge is 2.18. The van der Waals surface area contributed by atoms with Gasteiger partial charge in [-0.1, -0.05) is 6.92 Å². The molecule has 1 aromatic carbocycles. The number of hydrogen-bond donors (Lipinski definition) is 1. The van der Waals surface area contributed by atoms with Crippen molar-refractivity contribution in [1.82, 2.24) is 5.32 Å². The van der Waals surface area contributed by atoms with Crippen molar-refractivity contribution in [2.45, 2.75) is 33.2 Å². The summed E-state index contributed by atoms with van der Waals surface area (Å²) in [5.74, 6) is 0.968. The summed E-state index contributed by atoms with van der Waals surface area (Å²) in [6.45, 7) is 5.89. The summed E-state index contributed by atoms with van der Waals surface area (Å²) in [6, 6.07) is 5.66. The van der Waals surface area contributed by atoms with E-state index in [4.69, 9.17) is 9.15 Å². The fourth-order valence-corrected chi connectivity index (χ4v) is 1.93. The molecule has 1 N–H and O–H groups in total. The third kappa shape index (κ3) is 2.57. The van der Waals surface area contributed by atoms with Gasteiger partial charge in [0.2, 0.25) is 0 Å². The van der Waals surface area contributed by atoms with Gasteiger partial charge in [0, 0.05) is 17.0 Å². The Bertz CT molecular complexity index is 601. The van der Waals surface area contributed by atoms with Gasteiger partial charge in [0.05, 0.1) is 7.11 Å². The molecular formula is C15H19NO3. The lowest BCUT2D eigenvalue weighted by Gasteiger charge is -2.09. The molecule has 0 saturated heterocycles. The van der Waals surface area contributed by atoms with E-state index in [2.05, 4.69) is 5.32 Å². The van der Waals surface area contributed by atoms with Crippen LogP contribution in [0.25, 0.3) is 11.0 Å². The molecule has 0 aliphatic rings. The molecule has 4 nitrogen and oxygen atoms in total. The summed E-state index contributed by atoms with van der Waals surface area (Å²) >= 11 is 0. The van der Waals surface area contributed by atoms with Crippen molar-refractivity contribution in [3.8, 4) is 5.75 Å². The van der Waals surface area contributed by atoms with Gasteiger partial charge in [0.25, 0.3) is 5.91 Å². The number of aryl methyl sites for hydroxylation is 1. The maximum atomic E-state index is 12.1. The van der Waals surface area contributed by atoms with Crippen LogP contribution in [0.3, 0.4) is 0 Å².